The number of hydrogen-bond donors (Lipinski definition) is 0. The summed E-state index contributed by atoms with van der Waals surface area (Å²) in [6.45, 7) is 2.20. The lowest BCUT2D eigenvalue weighted by molar-refractivity contribution is -0.107. The van der Waals surface area contributed by atoms with Crippen LogP contribution in [0.5, 0.6) is 0 Å². The molecular weight excluding hydrogens is 224 g/mol. The lowest BCUT2D eigenvalue weighted by Gasteiger charge is -2.03. The zero-order chi connectivity index (χ0) is 13.2. The van der Waals surface area contributed by atoms with Crippen LogP contribution in [0.15, 0.2) is 24.3 Å². The van der Waals surface area contributed by atoms with Crippen molar-refractivity contribution in [3.05, 3.63) is 35.4 Å². The van der Waals surface area contributed by atoms with Crippen LogP contribution in [0.25, 0.3) is 0 Å². The molecule has 0 amide bonds. The molecule has 0 aliphatic carbocycles. The zero-order valence-electron chi connectivity index (χ0n) is 11.2. The van der Waals surface area contributed by atoms with E-state index in [2.05, 4.69) is 6.92 Å². The van der Waals surface area contributed by atoms with Crippen molar-refractivity contribution in [2.45, 2.75) is 51.9 Å². The number of Topliss-reactive ketones (excluding diaryl/α,β-unsaturated/α-hetero) is 1. The number of carbonyl (C=O) groups is 2. The molecule has 0 atom stereocenters. The number of hydrogen-bond acceptors (Lipinski definition) is 2. The van der Waals surface area contributed by atoms with Crippen LogP contribution < -0.4 is 0 Å². The summed E-state index contributed by atoms with van der Waals surface area (Å²) in [5.41, 5.74) is 2.06. The quantitative estimate of drug-likeness (QED) is 0.375. The molecule has 0 fully saturated rings. The number of aryl methyl sites for hydroxylation is 1. The summed E-state index contributed by atoms with van der Waals surface area (Å²) in [4.78, 5) is 22.0. The minimum absolute atomic E-state index is 0.136. The highest BCUT2D eigenvalue weighted by Gasteiger charge is 2.05. The molecule has 0 aromatic heterocycles. The molecule has 0 bridgehead atoms. The van der Waals surface area contributed by atoms with Crippen LogP contribution in [-0.4, -0.2) is 12.1 Å². The Morgan fingerprint density at radius 2 is 1.83 bits per heavy atom. The van der Waals surface area contributed by atoms with E-state index >= 15 is 0 Å². The molecule has 0 saturated heterocycles. The maximum Gasteiger partial charge on any atom is 0.162 e. The van der Waals surface area contributed by atoms with Gasteiger partial charge in [-0.1, -0.05) is 44.0 Å². The van der Waals surface area contributed by atoms with E-state index in [-0.39, 0.29) is 5.78 Å². The molecule has 2 nitrogen and oxygen atoms in total. The van der Waals surface area contributed by atoms with Crippen molar-refractivity contribution in [3.63, 3.8) is 0 Å². The Morgan fingerprint density at radius 1 is 1.11 bits per heavy atom. The van der Waals surface area contributed by atoms with Crippen LogP contribution >= 0.6 is 0 Å². The Kier molecular flexibility index (Phi) is 7.00. The topological polar surface area (TPSA) is 34.1 Å². The summed E-state index contributed by atoms with van der Waals surface area (Å²) in [6.07, 6.45) is 7.25. The molecule has 0 aliphatic rings. The Bertz CT molecular complexity index is 365. The van der Waals surface area contributed by atoms with Gasteiger partial charge in [0.25, 0.3) is 0 Å². The van der Waals surface area contributed by atoms with Gasteiger partial charge in [-0.15, -0.1) is 0 Å². The van der Waals surface area contributed by atoms with Crippen molar-refractivity contribution < 1.29 is 9.59 Å². The van der Waals surface area contributed by atoms with Gasteiger partial charge in [0.1, 0.15) is 6.29 Å². The van der Waals surface area contributed by atoms with Crippen LogP contribution in [0.2, 0.25) is 0 Å². The van der Waals surface area contributed by atoms with Crippen molar-refractivity contribution in [2.75, 3.05) is 0 Å². The fraction of sp³-hybridized carbons (Fsp3) is 0.500. The van der Waals surface area contributed by atoms with Crippen LogP contribution in [-0.2, 0) is 11.2 Å². The molecule has 0 N–H and O–H groups in total. The first-order valence-corrected chi connectivity index (χ1v) is 6.83. The number of rotatable bonds is 9. The lowest BCUT2D eigenvalue weighted by Crippen LogP contribution is -1.99. The predicted octanol–water partition coefficient (Wildman–Crippen LogP) is 3.97. The van der Waals surface area contributed by atoms with Crippen LogP contribution in [0.3, 0.4) is 0 Å². The van der Waals surface area contributed by atoms with Gasteiger partial charge in [0.2, 0.25) is 0 Å². The molecular formula is C16H22O2. The van der Waals surface area contributed by atoms with Gasteiger partial charge in [0, 0.05) is 18.4 Å². The predicted molar refractivity (Wildman–Crippen MR) is 73.9 cm³/mol. The highest BCUT2D eigenvalue weighted by molar-refractivity contribution is 5.96. The smallest absolute Gasteiger partial charge is 0.162 e. The first kappa shape index (κ1) is 14.6. The van der Waals surface area contributed by atoms with E-state index < -0.39 is 0 Å². The SMILES string of the molecule is CCCCCc1ccc(C(=O)CCCC=O)cc1. The maximum absolute atomic E-state index is 11.8. The molecule has 0 saturated carbocycles. The van der Waals surface area contributed by atoms with Gasteiger partial charge in [-0.2, -0.15) is 0 Å². The van der Waals surface area contributed by atoms with Gasteiger partial charge < -0.3 is 4.79 Å². The Labute approximate surface area is 109 Å². The van der Waals surface area contributed by atoms with Crippen LogP contribution in [0, 0.1) is 0 Å². The van der Waals surface area contributed by atoms with E-state index in [1.807, 2.05) is 24.3 Å². The Morgan fingerprint density at radius 3 is 2.44 bits per heavy atom. The van der Waals surface area contributed by atoms with Crippen molar-refractivity contribution >= 4 is 12.1 Å². The average Bonchev–Trinajstić information content (AvgIpc) is 2.40. The van der Waals surface area contributed by atoms with Crippen LogP contribution in [0.4, 0.5) is 0 Å². The number of benzene rings is 1. The van der Waals surface area contributed by atoms with E-state index in [1.54, 1.807) is 0 Å². The Balaban J connectivity index is 2.43. The summed E-state index contributed by atoms with van der Waals surface area (Å²) < 4.78 is 0. The summed E-state index contributed by atoms with van der Waals surface area (Å²) in [5, 5.41) is 0. The largest absolute Gasteiger partial charge is 0.303 e. The van der Waals surface area contributed by atoms with E-state index in [0.717, 1.165) is 18.3 Å². The second kappa shape index (κ2) is 8.62. The van der Waals surface area contributed by atoms with E-state index in [4.69, 9.17) is 0 Å². The third-order valence-corrected chi connectivity index (χ3v) is 3.07. The number of unbranched alkanes of at least 4 members (excludes halogenated alkanes) is 3. The van der Waals surface area contributed by atoms with E-state index in [1.165, 1.54) is 24.8 Å². The van der Waals surface area contributed by atoms with Gasteiger partial charge >= 0.3 is 0 Å². The molecule has 1 aromatic rings. The molecule has 0 heterocycles. The van der Waals surface area contributed by atoms with Crippen molar-refractivity contribution in [3.8, 4) is 0 Å². The first-order valence-electron chi connectivity index (χ1n) is 6.83. The van der Waals surface area contributed by atoms with Crippen LogP contribution in [0.1, 0.15) is 61.4 Å². The van der Waals surface area contributed by atoms with Gasteiger partial charge in [0.15, 0.2) is 5.78 Å². The number of ketones is 1. The molecule has 0 spiro atoms. The fourth-order valence-corrected chi connectivity index (χ4v) is 1.93. The maximum atomic E-state index is 11.8. The standard InChI is InChI=1S/C16H22O2/c1-2-3-4-7-14-9-11-15(12-10-14)16(18)8-5-6-13-17/h9-13H,2-8H2,1H3. The second-order valence-corrected chi connectivity index (χ2v) is 4.64. The number of carbonyl (C=O) groups excluding carboxylic acids is 2. The van der Waals surface area contributed by atoms with Crippen molar-refractivity contribution in [1.29, 1.82) is 0 Å². The average molecular weight is 246 g/mol. The van der Waals surface area contributed by atoms with Gasteiger partial charge in [-0.25, -0.2) is 0 Å². The summed E-state index contributed by atoms with van der Waals surface area (Å²) in [6, 6.07) is 7.90. The Hall–Kier alpha value is -1.44. The monoisotopic (exact) mass is 246 g/mol. The lowest BCUT2D eigenvalue weighted by atomic mass is 10.0. The second-order valence-electron chi connectivity index (χ2n) is 4.64. The van der Waals surface area contributed by atoms with E-state index in [0.29, 0.717) is 19.3 Å². The minimum Gasteiger partial charge on any atom is -0.303 e. The highest BCUT2D eigenvalue weighted by Crippen LogP contribution is 2.11. The zero-order valence-corrected chi connectivity index (χ0v) is 11.2. The molecule has 0 unspecified atom stereocenters. The molecule has 18 heavy (non-hydrogen) atoms. The molecule has 98 valence electrons. The molecule has 0 radical (unpaired) electrons. The normalized spacial score (nSPS) is 10.3. The summed E-state index contributed by atoms with van der Waals surface area (Å²) >= 11 is 0. The highest BCUT2D eigenvalue weighted by atomic mass is 16.1. The van der Waals surface area contributed by atoms with Crippen molar-refractivity contribution in [1.82, 2.24) is 0 Å². The number of aldehydes is 1. The van der Waals surface area contributed by atoms with Gasteiger partial charge in [-0.05, 0) is 24.8 Å². The third-order valence-electron chi connectivity index (χ3n) is 3.07. The molecule has 1 rings (SSSR count). The van der Waals surface area contributed by atoms with Gasteiger partial charge in [0.05, 0.1) is 0 Å². The first-order chi connectivity index (χ1) is 8.77. The summed E-state index contributed by atoms with van der Waals surface area (Å²) in [5.74, 6) is 0.136. The molecule has 0 aliphatic heterocycles. The molecule has 2 heteroatoms. The third kappa shape index (κ3) is 5.26. The van der Waals surface area contributed by atoms with Crippen molar-refractivity contribution in [2.24, 2.45) is 0 Å². The van der Waals surface area contributed by atoms with Gasteiger partial charge in [-0.3, -0.25) is 4.79 Å². The summed E-state index contributed by atoms with van der Waals surface area (Å²) in [7, 11) is 0. The minimum atomic E-state index is 0.136. The molecule has 1 aromatic carbocycles. The fourth-order valence-electron chi connectivity index (χ4n) is 1.93. The van der Waals surface area contributed by atoms with E-state index in [9.17, 15) is 9.59 Å².